The largest absolute Gasteiger partial charge is 0.390 e. The van der Waals surface area contributed by atoms with Gasteiger partial charge in [-0.25, -0.2) is 0 Å². The van der Waals surface area contributed by atoms with Gasteiger partial charge in [0.25, 0.3) is 0 Å². The van der Waals surface area contributed by atoms with Gasteiger partial charge in [-0.15, -0.1) is 0 Å². The van der Waals surface area contributed by atoms with E-state index in [4.69, 9.17) is 0 Å². The average molecular weight is 248 g/mol. The van der Waals surface area contributed by atoms with Crippen LogP contribution in [-0.4, -0.2) is 36.9 Å². The van der Waals surface area contributed by atoms with Crippen molar-refractivity contribution < 1.29 is 5.11 Å². The number of hydrogen-bond acceptors (Lipinski definition) is 3. The highest BCUT2D eigenvalue weighted by Crippen LogP contribution is 2.19. The molecule has 0 spiro atoms. The van der Waals surface area contributed by atoms with Crippen molar-refractivity contribution in [2.45, 2.75) is 38.8 Å². The molecule has 0 aliphatic heterocycles. The van der Waals surface area contributed by atoms with Crippen LogP contribution in [-0.2, 0) is 0 Å². The van der Waals surface area contributed by atoms with Crippen LogP contribution in [0.1, 0.15) is 25.3 Å². The van der Waals surface area contributed by atoms with E-state index in [1.807, 2.05) is 0 Å². The van der Waals surface area contributed by atoms with Crippen LogP contribution < -0.4 is 10.2 Å². The number of aliphatic hydroxyl groups excluding tert-OH is 1. The summed E-state index contributed by atoms with van der Waals surface area (Å²) in [6, 6.07) is 9.15. The molecule has 1 aromatic rings. The van der Waals surface area contributed by atoms with Gasteiger partial charge in [0.15, 0.2) is 0 Å². The first-order valence-electron chi connectivity index (χ1n) is 6.92. The first-order valence-corrected chi connectivity index (χ1v) is 6.92. The Balaban J connectivity index is 1.84. The third kappa shape index (κ3) is 4.00. The van der Waals surface area contributed by atoms with E-state index < -0.39 is 0 Å². The number of hydrogen-bond donors (Lipinski definition) is 2. The molecule has 0 saturated heterocycles. The molecular formula is C15H24N2O. The van der Waals surface area contributed by atoms with Crippen LogP contribution in [0, 0.1) is 6.92 Å². The summed E-state index contributed by atoms with van der Waals surface area (Å²) in [5.74, 6) is 0. The highest BCUT2D eigenvalue weighted by Gasteiger charge is 2.21. The Morgan fingerprint density at radius 3 is 2.56 bits per heavy atom. The van der Waals surface area contributed by atoms with Crippen molar-refractivity contribution in [3.63, 3.8) is 0 Å². The van der Waals surface area contributed by atoms with Gasteiger partial charge in [0.05, 0.1) is 6.10 Å². The number of rotatable bonds is 7. The topological polar surface area (TPSA) is 35.5 Å². The second kappa shape index (κ2) is 6.21. The smallest absolute Gasteiger partial charge is 0.0839 e. The Kier molecular flexibility index (Phi) is 4.61. The molecule has 3 heteroatoms. The van der Waals surface area contributed by atoms with Crippen molar-refractivity contribution >= 4 is 5.69 Å². The maximum atomic E-state index is 10.0. The lowest BCUT2D eigenvalue weighted by Crippen LogP contribution is -2.39. The fourth-order valence-electron chi connectivity index (χ4n) is 2.08. The van der Waals surface area contributed by atoms with Gasteiger partial charge < -0.3 is 15.3 Å². The normalized spacial score (nSPS) is 16.6. The number of benzene rings is 1. The third-order valence-corrected chi connectivity index (χ3v) is 3.43. The minimum Gasteiger partial charge on any atom is -0.390 e. The molecule has 0 aromatic heterocycles. The summed E-state index contributed by atoms with van der Waals surface area (Å²) < 4.78 is 0. The average Bonchev–Trinajstić information content (AvgIpc) is 3.19. The van der Waals surface area contributed by atoms with E-state index in [-0.39, 0.29) is 6.10 Å². The quantitative estimate of drug-likeness (QED) is 0.774. The lowest BCUT2D eigenvalue weighted by molar-refractivity contribution is 0.176. The summed E-state index contributed by atoms with van der Waals surface area (Å²) in [6.07, 6.45) is 2.23. The molecule has 0 heterocycles. The Morgan fingerprint density at radius 1 is 1.33 bits per heavy atom. The number of anilines is 1. The maximum absolute atomic E-state index is 10.0. The predicted octanol–water partition coefficient (Wildman–Crippen LogP) is 1.93. The van der Waals surface area contributed by atoms with E-state index in [1.165, 1.54) is 24.1 Å². The van der Waals surface area contributed by atoms with Gasteiger partial charge in [0.1, 0.15) is 0 Å². The zero-order valence-corrected chi connectivity index (χ0v) is 11.4. The van der Waals surface area contributed by atoms with Crippen LogP contribution in [0.3, 0.4) is 0 Å². The summed E-state index contributed by atoms with van der Waals surface area (Å²) >= 11 is 0. The van der Waals surface area contributed by atoms with Gasteiger partial charge in [-0.1, -0.05) is 17.7 Å². The molecular weight excluding hydrogens is 224 g/mol. The summed E-state index contributed by atoms with van der Waals surface area (Å²) in [5.41, 5.74) is 2.46. The van der Waals surface area contributed by atoms with E-state index in [1.54, 1.807) is 0 Å². The number of nitrogens with zero attached hydrogens (tertiary/aromatic N) is 1. The van der Waals surface area contributed by atoms with Crippen LogP contribution in [0.5, 0.6) is 0 Å². The van der Waals surface area contributed by atoms with Gasteiger partial charge in [-0.2, -0.15) is 0 Å². The molecule has 1 aromatic carbocycles. The molecule has 1 atom stereocenters. The summed E-state index contributed by atoms with van der Waals surface area (Å²) in [4.78, 5) is 2.22. The first-order chi connectivity index (χ1) is 8.69. The molecule has 100 valence electrons. The standard InChI is InChI=1S/C15H24N2O/c1-3-17(14-8-4-12(2)5-9-14)11-15(18)10-16-13-6-7-13/h4-5,8-9,13,15-16,18H,3,6-7,10-11H2,1-2H3. The fraction of sp³-hybridized carbons (Fsp3) is 0.600. The van der Waals surface area contributed by atoms with Crippen molar-refractivity contribution in [2.24, 2.45) is 0 Å². The second-order valence-corrected chi connectivity index (χ2v) is 5.21. The van der Waals surface area contributed by atoms with Gasteiger partial charge >= 0.3 is 0 Å². The number of aryl methyl sites for hydroxylation is 1. The van der Waals surface area contributed by atoms with Crippen molar-refractivity contribution in [1.82, 2.24) is 5.32 Å². The Bertz CT molecular complexity index is 359. The SMILES string of the molecule is CCN(CC(O)CNC1CC1)c1ccc(C)cc1. The van der Waals surface area contributed by atoms with Gasteiger partial charge in [0, 0.05) is 31.4 Å². The molecule has 18 heavy (non-hydrogen) atoms. The van der Waals surface area contributed by atoms with E-state index in [0.717, 1.165) is 6.54 Å². The molecule has 0 radical (unpaired) electrons. The number of nitrogens with one attached hydrogen (secondary N) is 1. The highest BCUT2D eigenvalue weighted by atomic mass is 16.3. The van der Waals surface area contributed by atoms with Gasteiger partial charge in [0.2, 0.25) is 0 Å². The van der Waals surface area contributed by atoms with Gasteiger partial charge in [-0.3, -0.25) is 0 Å². The molecule has 1 saturated carbocycles. The minimum absolute atomic E-state index is 0.299. The second-order valence-electron chi connectivity index (χ2n) is 5.21. The first kappa shape index (κ1) is 13.4. The Morgan fingerprint density at radius 2 is 2.00 bits per heavy atom. The van der Waals surface area contributed by atoms with Crippen molar-refractivity contribution in [3.05, 3.63) is 29.8 Å². The molecule has 1 unspecified atom stereocenters. The highest BCUT2D eigenvalue weighted by molar-refractivity contribution is 5.47. The summed E-state index contributed by atoms with van der Waals surface area (Å²) in [5, 5.41) is 13.4. The van der Waals surface area contributed by atoms with E-state index in [0.29, 0.717) is 19.1 Å². The summed E-state index contributed by atoms with van der Waals surface area (Å²) in [6.45, 7) is 6.53. The Labute approximate surface area is 110 Å². The molecule has 0 amide bonds. The van der Waals surface area contributed by atoms with Crippen LogP contribution in [0.15, 0.2) is 24.3 Å². The zero-order valence-electron chi connectivity index (χ0n) is 11.4. The molecule has 2 rings (SSSR count). The van der Waals surface area contributed by atoms with E-state index in [9.17, 15) is 5.11 Å². The lowest BCUT2D eigenvalue weighted by Gasteiger charge is -2.26. The Hall–Kier alpha value is -1.06. The van der Waals surface area contributed by atoms with E-state index in [2.05, 4.69) is 48.3 Å². The van der Waals surface area contributed by atoms with Crippen molar-refractivity contribution in [1.29, 1.82) is 0 Å². The maximum Gasteiger partial charge on any atom is 0.0839 e. The van der Waals surface area contributed by atoms with Crippen LogP contribution in [0.2, 0.25) is 0 Å². The summed E-state index contributed by atoms with van der Waals surface area (Å²) in [7, 11) is 0. The number of likely N-dealkylation sites (N-methyl/N-ethyl adjacent to an activating group) is 1. The monoisotopic (exact) mass is 248 g/mol. The van der Waals surface area contributed by atoms with Crippen LogP contribution in [0.25, 0.3) is 0 Å². The molecule has 1 fully saturated rings. The number of aliphatic hydroxyl groups is 1. The van der Waals surface area contributed by atoms with Crippen molar-refractivity contribution in [3.8, 4) is 0 Å². The third-order valence-electron chi connectivity index (χ3n) is 3.43. The van der Waals surface area contributed by atoms with E-state index >= 15 is 0 Å². The molecule has 0 bridgehead atoms. The zero-order chi connectivity index (χ0) is 13.0. The minimum atomic E-state index is -0.299. The predicted molar refractivity (Wildman–Crippen MR) is 76.1 cm³/mol. The molecule has 3 nitrogen and oxygen atoms in total. The van der Waals surface area contributed by atoms with Crippen molar-refractivity contribution in [2.75, 3.05) is 24.5 Å². The molecule has 2 N–H and O–H groups in total. The molecule has 1 aliphatic rings. The van der Waals surface area contributed by atoms with Crippen LogP contribution in [0.4, 0.5) is 5.69 Å². The fourth-order valence-corrected chi connectivity index (χ4v) is 2.08. The van der Waals surface area contributed by atoms with Crippen LogP contribution >= 0.6 is 0 Å². The molecule has 1 aliphatic carbocycles. The lowest BCUT2D eigenvalue weighted by atomic mass is 10.2. The van der Waals surface area contributed by atoms with Gasteiger partial charge in [-0.05, 0) is 38.8 Å².